The monoisotopic (exact) mass is 302 g/mol. The van der Waals surface area contributed by atoms with Crippen molar-refractivity contribution < 1.29 is 4.79 Å². The summed E-state index contributed by atoms with van der Waals surface area (Å²) in [6.45, 7) is 0.331. The van der Waals surface area contributed by atoms with E-state index in [-0.39, 0.29) is 11.4 Å². The van der Waals surface area contributed by atoms with Gasteiger partial charge in [-0.2, -0.15) is 5.10 Å². The third-order valence-electron chi connectivity index (χ3n) is 3.61. The van der Waals surface area contributed by atoms with Gasteiger partial charge >= 0.3 is 6.03 Å². The van der Waals surface area contributed by atoms with Gasteiger partial charge in [-0.3, -0.25) is 14.8 Å². The van der Waals surface area contributed by atoms with E-state index in [1.807, 2.05) is 17.8 Å². The number of hydrogen-bond acceptors (Lipinski definition) is 4. The number of aryl methyl sites for hydroxylation is 2. The minimum atomic E-state index is -0.417. The smallest absolute Gasteiger partial charge is 0.320 e. The number of anilines is 1. The van der Waals surface area contributed by atoms with E-state index in [0.717, 1.165) is 5.69 Å². The maximum Gasteiger partial charge on any atom is 0.320 e. The maximum absolute atomic E-state index is 11.8. The van der Waals surface area contributed by atoms with Crippen molar-refractivity contribution in [3.8, 4) is 0 Å². The van der Waals surface area contributed by atoms with Gasteiger partial charge in [0.1, 0.15) is 5.82 Å². The summed E-state index contributed by atoms with van der Waals surface area (Å²) in [6, 6.07) is 2.87. The van der Waals surface area contributed by atoms with E-state index in [1.54, 1.807) is 7.05 Å². The summed E-state index contributed by atoms with van der Waals surface area (Å²) in [4.78, 5) is 27.2. The van der Waals surface area contributed by atoms with Gasteiger partial charge in [-0.05, 0) is 18.9 Å². The number of carbonyl (C=O) groups is 1. The van der Waals surface area contributed by atoms with Crippen LogP contribution in [0.5, 0.6) is 0 Å². The zero-order chi connectivity index (χ0) is 15.7. The first-order chi connectivity index (χ1) is 10.5. The minimum Gasteiger partial charge on any atom is -0.332 e. The Morgan fingerprint density at radius 1 is 1.36 bits per heavy atom. The molecule has 0 aliphatic heterocycles. The van der Waals surface area contributed by atoms with E-state index in [0.29, 0.717) is 12.5 Å². The predicted octanol–water partition coefficient (Wildman–Crippen LogP) is 0.713. The lowest BCUT2D eigenvalue weighted by atomic mass is 10.2. The van der Waals surface area contributed by atoms with Crippen molar-refractivity contribution in [2.45, 2.75) is 25.3 Å². The molecule has 0 radical (unpaired) electrons. The second-order valence-corrected chi connectivity index (χ2v) is 5.49. The van der Waals surface area contributed by atoms with Crippen LogP contribution in [-0.2, 0) is 20.6 Å². The molecule has 0 spiro atoms. The van der Waals surface area contributed by atoms with E-state index in [2.05, 4.69) is 20.7 Å². The number of aromatic nitrogens is 4. The Morgan fingerprint density at radius 2 is 2.14 bits per heavy atom. The van der Waals surface area contributed by atoms with Crippen LogP contribution in [0, 0.1) is 0 Å². The Hall–Kier alpha value is -2.64. The van der Waals surface area contributed by atoms with Gasteiger partial charge in [0.25, 0.3) is 5.56 Å². The van der Waals surface area contributed by atoms with Crippen LogP contribution >= 0.6 is 0 Å². The highest BCUT2D eigenvalue weighted by Gasteiger charge is 2.27. The van der Waals surface area contributed by atoms with Crippen molar-refractivity contribution in [3.63, 3.8) is 0 Å². The molecule has 8 nitrogen and oxygen atoms in total. The first kappa shape index (κ1) is 14.3. The van der Waals surface area contributed by atoms with Crippen LogP contribution in [0.25, 0.3) is 0 Å². The average molecular weight is 302 g/mol. The fraction of sp³-hybridized carbons (Fsp3) is 0.429. The quantitative estimate of drug-likeness (QED) is 0.870. The molecule has 1 fully saturated rings. The number of amides is 2. The first-order valence-electron chi connectivity index (χ1n) is 7.13. The van der Waals surface area contributed by atoms with Crippen molar-refractivity contribution in [2.24, 2.45) is 14.1 Å². The highest BCUT2D eigenvalue weighted by atomic mass is 16.2. The molecular weight excluding hydrogens is 284 g/mol. The summed E-state index contributed by atoms with van der Waals surface area (Å²) in [5.41, 5.74) is 1.80. The predicted molar refractivity (Wildman–Crippen MR) is 80.5 cm³/mol. The normalized spacial score (nSPS) is 13.9. The minimum absolute atomic E-state index is 0.222. The SMILES string of the molecule is Cn1nc(CNC(=O)Nc2cc(=O)n(C)cn2)cc1C1CC1. The fourth-order valence-corrected chi connectivity index (χ4v) is 2.25. The van der Waals surface area contributed by atoms with Crippen LogP contribution < -0.4 is 16.2 Å². The molecule has 116 valence electrons. The van der Waals surface area contributed by atoms with Crippen LogP contribution in [0.3, 0.4) is 0 Å². The van der Waals surface area contributed by atoms with Crippen molar-refractivity contribution in [2.75, 3.05) is 5.32 Å². The van der Waals surface area contributed by atoms with Gasteiger partial charge in [-0.15, -0.1) is 0 Å². The van der Waals surface area contributed by atoms with Crippen molar-refractivity contribution in [1.29, 1.82) is 0 Å². The molecule has 2 aromatic rings. The molecule has 2 aromatic heterocycles. The average Bonchev–Trinajstić information content (AvgIpc) is 3.24. The standard InChI is InChI=1S/C14H18N6O2/c1-19-8-16-12(6-13(19)21)17-14(22)15-7-10-5-11(9-3-4-9)20(2)18-10/h5-6,8-9H,3-4,7H2,1-2H3,(H2,15,17,22). The van der Waals surface area contributed by atoms with Crippen molar-refractivity contribution in [1.82, 2.24) is 24.6 Å². The van der Waals surface area contributed by atoms with E-state index in [1.165, 1.54) is 35.5 Å². The van der Waals surface area contributed by atoms with E-state index in [4.69, 9.17) is 0 Å². The molecule has 2 amide bonds. The fourth-order valence-electron chi connectivity index (χ4n) is 2.25. The summed E-state index contributed by atoms with van der Waals surface area (Å²) in [5.74, 6) is 0.838. The first-order valence-corrected chi connectivity index (χ1v) is 7.13. The molecule has 0 atom stereocenters. The van der Waals surface area contributed by atoms with Gasteiger partial charge in [0.05, 0.1) is 18.6 Å². The van der Waals surface area contributed by atoms with Crippen molar-refractivity contribution >= 4 is 11.8 Å². The molecule has 1 aliphatic rings. The summed E-state index contributed by atoms with van der Waals surface area (Å²) in [5, 5.41) is 9.62. The largest absolute Gasteiger partial charge is 0.332 e. The lowest BCUT2D eigenvalue weighted by molar-refractivity contribution is 0.251. The van der Waals surface area contributed by atoms with Gasteiger partial charge in [-0.1, -0.05) is 0 Å². The van der Waals surface area contributed by atoms with E-state index < -0.39 is 6.03 Å². The second kappa shape index (κ2) is 5.63. The van der Waals surface area contributed by atoms with Crippen LogP contribution in [0.2, 0.25) is 0 Å². The Bertz CT molecular complexity index is 759. The zero-order valence-corrected chi connectivity index (χ0v) is 12.5. The second-order valence-electron chi connectivity index (χ2n) is 5.49. The summed E-state index contributed by atoms with van der Waals surface area (Å²) < 4.78 is 3.20. The highest BCUT2D eigenvalue weighted by molar-refractivity contribution is 5.87. The Kier molecular flexibility index (Phi) is 3.66. The van der Waals surface area contributed by atoms with Gasteiger partial charge in [0.2, 0.25) is 0 Å². The molecule has 2 N–H and O–H groups in total. The number of nitrogens with one attached hydrogen (secondary N) is 2. The van der Waals surface area contributed by atoms with E-state index in [9.17, 15) is 9.59 Å². The van der Waals surface area contributed by atoms with Crippen molar-refractivity contribution in [3.05, 3.63) is 40.2 Å². The third kappa shape index (κ3) is 3.16. The molecule has 1 saturated carbocycles. The van der Waals surface area contributed by atoms with Gasteiger partial charge in [0, 0.05) is 31.8 Å². The molecule has 8 heteroatoms. The molecule has 0 aromatic carbocycles. The van der Waals surface area contributed by atoms with Crippen LogP contribution in [0.4, 0.5) is 10.6 Å². The summed E-state index contributed by atoms with van der Waals surface area (Å²) in [6.07, 6.45) is 3.78. The molecule has 0 saturated heterocycles. The molecule has 3 rings (SSSR count). The maximum atomic E-state index is 11.8. The van der Waals surface area contributed by atoms with Gasteiger partial charge < -0.3 is 9.88 Å². The number of urea groups is 1. The number of nitrogens with zero attached hydrogens (tertiary/aromatic N) is 4. The summed E-state index contributed by atoms with van der Waals surface area (Å²) in [7, 11) is 3.51. The topological polar surface area (TPSA) is 93.8 Å². The molecule has 2 heterocycles. The molecule has 0 bridgehead atoms. The van der Waals surface area contributed by atoms with Crippen LogP contribution in [0.15, 0.2) is 23.3 Å². The third-order valence-corrected chi connectivity index (χ3v) is 3.61. The number of carbonyl (C=O) groups excluding carboxylic acids is 1. The van der Waals surface area contributed by atoms with Crippen LogP contribution in [-0.4, -0.2) is 25.4 Å². The Morgan fingerprint density at radius 3 is 2.82 bits per heavy atom. The zero-order valence-electron chi connectivity index (χ0n) is 12.5. The van der Waals surface area contributed by atoms with Gasteiger partial charge in [-0.25, -0.2) is 9.78 Å². The van der Waals surface area contributed by atoms with E-state index >= 15 is 0 Å². The molecular formula is C14H18N6O2. The van der Waals surface area contributed by atoms with Gasteiger partial charge in [0.15, 0.2) is 0 Å². The lowest BCUT2D eigenvalue weighted by Gasteiger charge is -2.05. The number of rotatable bonds is 4. The molecule has 0 unspecified atom stereocenters. The molecule has 22 heavy (non-hydrogen) atoms. The lowest BCUT2D eigenvalue weighted by Crippen LogP contribution is -2.29. The number of hydrogen-bond donors (Lipinski definition) is 2. The summed E-state index contributed by atoms with van der Waals surface area (Å²) >= 11 is 0. The highest BCUT2D eigenvalue weighted by Crippen LogP contribution is 2.39. The Labute approximate surface area is 127 Å². The molecule has 1 aliphatic carbocycles. The Balaban J connectivity index is 1.56. The van der Waals surface area contributed by atoms with Crippen LogP contribution in [0.1, 0.15) is 30.1 Å².